The zero-order chi connectivity index (χ0) is 15.1. The van der Waals surface area contributed by atoms with Crippen LogP contribution in [-0.2, 0) is 13.0 Å². The van der Waals surface area contributed by atoms with E-state index >= 15 is 0 Å². The van der Waals surface area contributed by atoms with Crippen LogP contribution >= 0.6 is 0 Å². The Morgan fingerprint density at radius 1 is 1.24 bits per heavy atom. The number of aromatic nitrogens is 4. The first-order valence-electron chi connectivity index (χ1n) is 7.24. The molecule has 0 radical (unpaired) electrons. The van der Waals surface area contributed by atoms with Crippen molar-refractivity contribution in [2.24, 2.45) is 0 Å². The number of benzene rings is 1. The van der Waals surface area contributed by atoms with E-state index in [-0.39, 0.29) is 12.5 Å². The predicted molar refractivity (Wildman–Crippen MR) is 79.2 cm³/mol. The van der Waals surface area contributed by atoms with Crippen molar-refractivity contribution in [3.8, 4) is 5.75 Å². The summed E-state index contributed by atoms with van der Waals surface area (Å²) in [5, 5.41) is 21.3. The summed E-state index contributed by atoms with van der Waals surface area (Å²) >= 11 is 0. The van der Waals surface area contributed by atoms with E-state index in [0.29, 0.717) is 6.54 Å². The first-order valence-corrected chi connectivity index (χ1v) is 7.24. The van der Waals surface area contributed by atoms with Crippen molar-refractivity contribution in [3.63, 3.8) is 0 Å². The van der Waals surface area contributed by atoms with E-state index in [1.165, 1.54) is 5.56 Å². The van der Waals surface area contributed by atoms with Crippen LogP contribution in [0.2, 0.25) is 0 Å². The van der Waals surface area contributed by atoms with Crippen LogP contribution in [0.5, 0.6) is 5.75 Å². The Morgan fingerprint density at radius 3 is 2.67 bits per heavy atom. The molecule has 2 aromatic rings. The number of methoxy groups -OCH3 is 1. The van der Waals surface area contributed by atoms with Crippen LogP contribution in [0.3, 0.4) is 0 Å². The van der Waals surface area contributed by atoms with Gasteiger partial charge in [-0.1, -0.05) is 19.1 Å². The van der Waals surface area contributed by atoms with E-state index < -0.39 is 0 Å². The molecule has 1 heterocycles. The number of rotatable bonds is 8. The van der Waals surface area contributed by atoms with Crippen LogP contribution in [0.25, 0.3) is 0 Å². The van der Waals surface area contributed by atoms with Gasteiger partial charge in [-0.25, -0.2) is 0 Å². The molecule has 0 spiro atoms. The van der Waals surface area contributed by atoms with Crippen molar-refractivity contribution in [1.29, 1.82) is 0 Å². The van der Waals surface area contributed by atoms with Gasteiger partial charge in [0, 0.05) is 12.5 Å². The van der Waals surface area contributed by atoms with E-state index in [4.69, 9.17) is 9.84 Å². The maximum Gasteiger partial charge on any atom is 0.177 e. The summed E-state index contributed by atoms with van der Waals surface area (Å²) < 4.78 is 5.15. The zero-order valence-corrected chi connectivity index (χ0v) is 12.6. The lowest BCUT2D eigenvalue weighted by Gasteiger charge is -2.07. The van der Waals surface area contributed by atoms with Crippen LogP contribution in [0.15, 0.2) is 24.3 Å². The fraction of sp³-hybridized carbons (Fsp3) is 0.533. The minimum atomic E-state index is 0.204. The van der Waals surface area contributed by atoms with Gasteiger partial charge in [0.2, 0.25) is 0 Å². The molecule has 2 rings (SSSR count). The number of ether oxygens (including phenoxy) is 1. The summed E-state index contributed by atoms with van der Waals surface area (Å²) in [6, 6.07) is 8.03. The highest BCUT2D eigenvalue weighted by molar-refractivity contribution is 5.27. The van der Waals surface area contributed by atoms with Crippen LogP contribution in [-0.4, -0.2) is 39.0 Å². The van der Waals surface area contributed by atoms with E-state index in [1.54, 1.807) is 11.9 Å². The molecule has 1 aromatic heterocycles. The van der Waals surface area contributed by atoms with Gasteiger partial charge in [-0.3, -0.25) is 0 Å². The van der Waals surface area contributed by atoms with Crippen molar-refractivity contribution in [2.45, 2.75) is 38.6 Å². The fourth-order valence-electron chi connectivity index (χ4n) is 2.12. The molecule has 114 valence electrons. The molecule has 1 atom stereocenters. The minimum Gasteiger partial charge on any atom is -0.497 e. The standard InChI is InChI=1S/C15H22N4O2/c1-12(11-13-5-7-14(21-2)8-6-13)15-16-18-19(17-15)9-3-4-10-20/h5-8,12,20H,3-4,9-11H2,1-2H3/t12-/m0/s1. The summed E-state index contributed by atoms with van der Waals surface area (Å²) in [6.45, 7) is 3.00. The van der Waals surface area contributed by atoms with Gasteiger partial charge in [-0.2, -0.15) is 4.80 Å². The molecule has 0 saturated carbocycles. The largest absolute Gasteiger partial charge is 0.497 e. The van der Waals surface area contributed by atoms with Crippen molar-refractivity contribution >= 4 is 0 Å². The Balaban J connectivity index is 1.91. The lowest BCUT2D eigenvalue weighted by molar-refractivity contribution is 0.278. The van der Waals surface area contributed by atoms with Crippen LogP contribution in [0.4, 0.5) is 0 Å². The van der Waals surface area contributed by atoms with E-state index in [9.17, 15) is 0 Å². The highest BCUT2D eigenvalue weighted by atomic mass is 16.5. The molecule has 6 heteroatoms. The van der Waals surface area contributed by atoms with Gasteiger partial charge in [0.1, 0.15) is 5.75 Å². The molecule has 0 aliphatic rings. The topological polar surface area (TPSA) is 73.1 Å². The molecule has 0 fully saturated rings. The van der Waals surface area contributed by atoms with Crippen molar-refractivity contribution < 1.29 is 9.84 Å². The Hall–Kier alpha value is -1.95. The predicted octanol–water partition coefficient (Wildman–Crippen LogP) is 1.80. The molecule has 1 N–H and O–H groups in total. The molecule has 0 amide bonds. The quantitative estimate of drug-likeness (QED) is 0.750. The number of aliphatic hydroxyl groups is 1. The third-order valence-electron chi connectivity index (χ3n) is 3.38. The van der Waals surface area contributed by atoms with Gasteiger partial charge in [-0.15, -0.1) is 10.2 Å². The van der Waals surface area contributed by atoms with Crippen molar-refractivity contribution in [1.82, 2.24) is 20.2 Å². The molecular formula is C15H22N4O2. The van der Waals surface area contributed by atoms with Gasteiger partial charge in [0.25, 0.3) is 0 Å². The lowest BCUT2D eigenvalue weighted by atomic mass is 10.0. The highest BCUT2D eigenvalue weighted by Gasteiger charge is 2.13. The van der Waals surface area contributed by atoms with Gasteiger partial charge < -0.3 is 9.84 Å². The summed E-state index contributed by atoms with van der Waals surface area (Å²) in [7, 11) is 1.66. The molecule has 1 aromatic carbocycles. The summed E-state index contributed by atoms with van der Waals surface area (Å²) in [6.07, 6.45) is 2.49. The zero-order valence-electron chi connectivity index (χ0n) is 12.6. The number of unbranched alkanes of at least 4 members (excludes halogenated alkanes) is 1. The smallest absolute Gasteiger partial charge is 0.177 e. The van der Waals surface area contributed by atoms with Gasteiger partial charge in [0.05, 0.1) is 13.7 Å². The second-order valence-electron chi connectivity index (χ2n) is 5.13. The monoisotopic (exact) mass is 290 g/mol. The lowest BCUT2D eigenvalue weighted by Crippen LogP contribution is -2.05. The molecule has 0 aliphatic heterocycles. The number of hydrogen-bond donors (Lipinski definition) is 1. The van der Waals surface area contributed by atoms with Gasteiger partial charge in [0.15, 0.2) is 5.82 Å². The second kappa shape index (κ2) is 7.73. The van der Waals surface area contributed by atoms with E-state index in [2.05, 4.69) is 34.5 Å². The molecular weight excluding hydrogens is 268 g/mol. The average Bonchev–Trinajstić information content (AvgIpc) is 2.97. The van der Waals surface area contributed by atoms with Crippen LogP contribution < -0.4 is 4.74 Å². The summed E-state index contributed by atoms with van der Waals surface area (Å²) in [5.41, 5.74) is 1.22. The maximum atomic E-state index is 8.76. The number of nitrogens with zero attached hydrogens (tertiary/aromatic N) is 4. The number of tetrazole rings is 1. The van der Waals surface area contributed by atoms with E-state index in [0.717, 1.165) is 30.8 Å². The number of aryl methyl sites for hydroxylation is 1. The minimum absolute atomic E-state index is 0.204. The molecule has 0 bridgehead atoms. The SMILES string of the molecule is COc1ccc(C[C@H](C)c2nnn(CCCCO)n2)cc1. The summed E-state index contributed by atoms with van der Waals surface area (Å²) in [5.74, 6) is 1.83. The van der Waals surface area contributed by atoms with Crippen LogP contribution in [0, 0.1) is 0 Å². The molecule has 0 unspecified atom stereocenters. The molecule has 21 heavy (non-hydrogen) atoms. The number of hydrogen-bond acceptors (Lipinski definition) is 5. The Labute approximate surface area is 124 Å². The van der Waals surface area contributed by atoms with Gasteiger partial charge in [-0.05, 0) is 42.2 Å². The fourth-order valence-corrected chi connectivity index (χ4v) is 2.12. The Bertz CT molecular complexity index is 539. The van der Waals surface area contributed by atoms with Gasteiger partial charge >= 0.3 is 0 Å². The molecule has 0 saturated heterocycles. The molecule has 0 aliphatic carbocycles. The Morgan fingerprint density at radius 2 is 2.00 bits per heavy atom. The third kappa shape index (κ3) is 4.53. The van der Waals surface area contributed by atoms with E-state index in [1.807, 2.05) is 12.1 Å². The normalized spacial score (nSPS) is 12.3. The first-order chi connectivity index (χ1) is 10.2. The van der Waals surface area contributed by atoms with Crippen molar-refractivity contribution in [2.75, 3.05) is 13.7 Å². The summed E-state index contributed by atoms with van der Waals surface area (Å²) in [4.78, 5) is 1.61. The highest BCUT2D eigenvalue weighted by Crippen LogP contribution is 2.19. The second-order valence-corrected chi connectivity index (χ2v) is 5.13. The Kier molecular flexibility index (Phi) is 5.68. The third-order valence-corrected chi connectivity index (χ3v) is 3.38. The van der Waals surface area contributed by atoms with Crippen molar-refractivity contribution in [3.05, 3.63) is 35.7 Å². The average molecular weight is 290 g/mol. The molecule has 6 nitrogen and oxygen atoms in total. The number of aliphatic hydroxyl groups excluding tert-OH is 1. The maximum absolute atomic E-state index is 8.76. The first kappa shape index (κ1) is 15.4. The van der Waals surface area contributed by atoms with Crippen LogP contribution in [0.1, 0.15) is 37.1 Å².